The van der Waals surface area contributed by atoms with Crippen molar-refractivity contribution in [1.82, 2.24) is 9.57 Å². The van der Waals surface area contributed by atoms with Gasteiger partial charge >= 0.3 is 14.2 Å². The molecule has 0 saturated carbocycles. The topological polar surface area (TPSA) is 49.9 Å². The van der Waals surface area contributed by atoms with Gasteiger partial charge in [-0.3, -0.25) is 4.57 Å². The number of urea groups is 1. The van der Waals surface area contributed by atoms with Gasteiger partial charge in [0.1, 0.15) is 5.75 Å². The van der Waals surface area contributed by atoms with E-state index in [9.17, 15) is 9.36 Å². The highest BCUT2D eigenvalue weighted by Gasteiger charge is 2.27. The van der Waals surface area contributed by atoms with E-state index in [2.05, 4.69) is 0 Å². The van der Waals surface area contributed by atoms with Crippen LogP contribution >= 0.6 is 8.18 Å². The lowest BCUT2D eigenvalue weighted by Gasteiger charge is -2.32. The van der Waals surface area contributed by atoms with Gasteiger partial charge < -0.3 is 9.42 Å². The van der Waals surface area contributed by atoms with Gasteiger partial charge in [0.15, 0.2) is 0 Å². The molecule has 1 saturated heterocycles. The summed E-state index contributed by atoms with van der Waals surface area (Å²) in [7, 11) is -0.831. The summed E-state index contributed by atoms with van der Waals surface area (Å²) in [6, 6.07) is 8.67. The number of rotatable bonds is 3. The Kier molecular flexibility index (Phi) is 3.69. The van der Waals surface area contributed by atoms with Crippen molar-refractivity contribution in [2.75, 3.05) is 20.1 Å². The van der Waals surface area contributed by atoms with Gasteiger partial charge in [0.2, 0.25) is 0 Å². The molecule has 1 aromatic rings. The molecule has 0 radical (unpaired) electrons. The average Bonchev–Trinajstić information content (AvgIpc) is 2.34. The average molecular weight is 254 g/mol. The van der Waals surface area contributed by atoms with Gasteiger partial charge in [-0.05, 0) is 18.6 Å². The van der Waals surface area contributed by atoms with Crippen LogP contribution in [0.2, 0.25) is 0 Å². The third kappa shape index (κ3) is 2.80. The third-order valence-corrected chi connectivity index (χ3v) is 3.87. The van der Waals surface area contributed by atoms with Crippen molar-refractivity contribution in [2.45, 2.75) is 6.42 Å². The van der Waals surface area contributed by atoms with Crippen LogP contribution in [0.15, 0.2) is 30.3 Å². The molecule has 2 rings (SSSR count). The van der Waals surface area contributed by atoms with Crippen molar-refractivity contribution in [3.63, 3.8) is 0 Å². The fourth-order valence-electron chi connectivity index (χ4n) is 1.68. The summed E-state index contributed by atoms with van der Waals surface area (Å²) in [5, 5.41) is 0. The Morgan fingerprint density at radius 1 is 1.24 bits per heavy atom. The predicted molar refractivity (Wildman–Crippen MR) is 65.4 cm³/mol. The van der Waals surface area contributed by atoms with E-state index in [1.807, 2.05) is 6.07 Å². The normalized spacial score (nSPS) is 18.1. The minimum atomic E-state index is -2.53. The second kappa shape index (κ2) is 5.23. The van der Waals surface area contributed by atoms with Gasteiger partial charge in [0, 0.05) is 20.1 Å². The van der Waals surface area contributed by atoms with Crippen molar-refractivity contribution in [2.24, 2.45) is 0 Å². The molecule has 0 aromatic heterocycles. The van der Waals surface area contributed by atoms with Crippen molar-refractivity contribution in [3.8, 4) is 5.75 Å². The SMILES string of the molecule is CN1CCCN([PH](=O)Oc2ccccc2)C1=O. The summed E-state index contributed by atoms with van der Waals surface area (Å²) in [5.74, 6) is 0.525. The Morgan fingerprint density at radius 3 is 2.65 bits per heavy atom. The largest absolute Gasteiger partial charge is 0.431 e. The standard InChI is InChI=1S/C11H15N2O3P/c1-12-8-5-9-13(11(12)14)17(15)16-10-6-3-2-4-7-10/h2-4,6-7,17H,5,8-9H2,1H3. The first kappa shape index (κ1) is 12.0. The molecule has 5 nitrogen and oxygen atoms in total. The van der Waals surface area contributed by atoms with Gasteiger partial charge in [-0.15, -0.1) is 0 Å². The molecule has 0 N–H and O–H groups in total. The van der Waals surface area contributed by atoms with Crippen molar-refractivity contribution in [3.05, 3.63) is 30.3 Å². The highest BCUT2D eigenvalue weighted by atomic mass is 31.1. The first-order chi connectivity index (χ1) is 8.18. The lowest BCUT2D eigenvalue weighted by atomic mass is 10.3. The Morgan fingerprint density at radius 2 is 1.94 bits per heavy atom. The summed E-state index contributed by atoms with van der Waals surface area (Å²) in [4.78, 5) is 13.3. The Bertz CT molecular complexity index is 424. The maximum absolute atomic E-state index is 12.0. The lowest BCUT2D eigenvalue weighted by Crippen LogP contribution is -2.44. The number of hydrogen-bond donors (Lipinski definition) is 0. The molecule has 2 amide bonds. The quantitative estimate of drug-likeness (QED) is 0.777. The van der Waals surface area contributed by atoms with Crippen LogP contribution in [0.5, 0.6) is 5.75 Å². The van der Waals surface area contributed by atoms with Gasteiger partial charge in [-0.25, -0.2) is 9.46 Å². The van der Waals surface area contributed by atoms with Crippen LogP contribution in [0, 0.1) is 0 Å². The Labute approximate surface area is 101 Å². The number of benzene rings is 1. The van der Waals surface area contributed by atoms with Gasteiger partial charge in [0.05, 0.1) is 0 Å². The summed E-state index contributed by atoms with van der Waals surface area (Å²) in [5.41, 5.74) is 0. The second-order valence-electron chi connectivity index (χ2n) is 3.89. The number of para-hydroxylation sites is 1. The van der Waals surface area contributed by atoms with E-state index in [1.54, 1.807) is 36.2 Å². The molecule has 0 bridgehead atoms. The first-order valence-electron chi connectivity index (χ1n) is 5.48. The summed E-state index contributed by atoms with van der Waals surface area (Å²) in [6.45, 7) is 1.20. The van der Waals surface area contributed by atoms with Gasteiger partial charge in [0.25, 0.3) is 0 Å². The number of hydrogen-bond acceptors (Lipinski definition) is 3. The van der Waals surface area contributed by atoms with E-state index in [4.69, 9.17) is 4.52 Å². The van der Waals surface area contributed by atoms with Crippen molar-refractivity contribution in [1.29, 1.82) is 0 Å². The molecule has 1 fully saturated rings. The summed E-state index contributed by atoms with van der Waals surface area (Å²) < 4.78 is 18.6. The van der Waals surface area contributed by atoms with E-state index in [0.29, 0.717) is 18.8 Å². The van der Waals surface area contributed by atoms with Crippen LogP contribution in [0.4, 0.5) is 4.79 Å². The maximum Gasteiger partial charge on any atom is 0.335 e. The summed E-state index contributed by atoms with van der Waals surface area (Å²) >= 11 is 0. The van der Waals surface area contributed by atoms with Crippen LogP contribution in [-0.4, -0.2) is 35.7 Å². The van der Waals surface area contributed by atoms with Crippen molar-refractivity contribution < 1.29 is 13.9 Å². The minimum Gasteiger partial charge on any atom is -0.431 e. The van der Waals surface area contributed by atoms with E-state index in [0.717, 1.165) is 6.42 Å². The number of nitrogens with zero attached hydrogens (tertiary/aromatic N) is 2. The molecule has 1 atom stereocenters. The smallest absolute Gasteiger partial charge is 0.335 e. The van der Waals surface area contributed by atoms with Gasteiger partial charge in [-0.2, -0.15) is 0 Å². The minimum absolute atomic E-state index is 0.226. The number of carbonyl (C=O) groups excluding carboxylic acids is 1. The molecule has 1 aromatic carbocycles. The predicted octanol–water partition coefficient (Wildman–Crippen LogP) is 2.21. The number of amides is 2. The van der Waals surface area contributed by atoms with E-state index < -0.39 is 8.18 Å². The molecule has 1 aliphatic heterocycles. The third-order valence-electron chi connectivity index (χ3n) is 2.60. The van der Waals surface area contributed by atoms with E-state index in [1.165, 1.54) is 4.67 Å². The van der Waals surface area contributed by atoms with Crippen LogP contribution in [0.3, 0.4) is 0 Å². The molecule has 0 aliphatic carbocycles. The molecule has 1 unspecified atom stereocenters. The molecule has 6 heteroatoms. The monoisotopic (exact) mass is 254 g/mol. The molecular formula is C11H15N2O3P. The molecule has 1 heterocycles. The second-order valence-corrected chi connectivity index (χ2v) is 5.17. The summed E-state index contributed by atoms with van der Waals surface area (Å²) in [6.07, 6.45) is 0.816. The molecule has 92 valence electrons. The van der Waals surface area contributed by atoms with Crippen LogP contribution in [-0.2, 0) is 4.57 Å². The molecular weight excluding hydrogens is 239 g/mol. The highest BCUT2D eigenvalue weighted by molar-refractivity contribution is 7.37. The lowest BCUT2D eigenvalue weighted by molar-refractivity contribution is 0.169. The van der Waals surface area contributed by atoms with E-state index in [-0.39, 0.29) is 6.03 Å². The van der Waals surface area contributed by atoms with Crippen molar-refractivity contribution >= 4 is 14.2 Å². The fraction of sp³-hybridized carbons (Fsp3) is 0.364. The Balaban J connectivity index is 2.03. The van der Waals surface area contributed by atoms with Crippen LogP contribution in [0.25, 0.3) is 0 Å². The Hall–Kier alpha value is -1.48. The zero-order valence-corrected chi connectivity index (χ0v) is 10.6. The maximum atomic E-state index is 12.0. The molecule has 17 heavy (non-hydrogen) atoms. The van der Waals surface area contributed by atoms with Gasteiger partial charge in [-0.1, -0.05) is 18.2 Å². The first-order valence-corrected chi connectivity index (χ1v) is 6.74. The molecule has 0 spiro atoms. The van der Waals surface area contributed by atoms with E-state index >= 15 is 0 Å². The zero-order chi connectivity index (χ0) is 12.3. The zero-order valence-electron chi connectivity index (χ0n) is 9.63. The number of carbonyl (C=O) groups is 1. The highest BCUT2D eigenvalue weighted by Crippen LogP contribution is 2.33. The fourth-order valence-corrected chi connectivity index (χ4v) is 2.79. The van der Waals surface area contributed by atoms with Crippen LogP contribution < -0.4 is 4.52 Å². The van der Waals surface area contributed by atoms with Crippen LogP contribution in [0.1, 0.15) is 6.42 Å². The molecule has 1 aliphatic rings.